The third kappa shape index (κ3) is 9.47. The van der Waals surface area contributed by atoms with Crippen LogP contribution in [-0.2, 0) is 35.1 Å². The summed E-state index contributed by atoms with van der Waals surface area (Å²) in [7, 11) is 1.27. The number of alkyl carbamates (subject to hydrolysis) is 1. The largest absolute Gasteiger partial charge is 0.453 e. The molecule has 15 heteroatoms. The van der Waals surface area contributed by atoms with Crippen molar-refractivity contribution < 1.29 is 42.9 Å². The van der Waals surface area contributed by atoms with Crippen LogP contribution in [0.25, 0.3) is 22.4 Å². The van der Waals surface area contributed by atoms with Gasteiger partial charge in [-0.25, -0.2) is 14.6 Å². The van der Waals surface area contributed by atoms with E-state index in [1.165, 1.54) is 12.0 Å². The lowest BCUT2D eigenvalue weighted by Crippen LogP contribution is -2.51. The molecule has 0 saturated carbocycles. The van der Waals surface area contributed by atoms with Crippen LogP contribution >= 0.6 is 0 Å². The van der Waals surface area contributed by atoms with Gasteiger partial charge in [-0.15, -0.1) is 0 Å². The lowest BCUT2D eigenvalue weighted by molar-refractivity contribution is -0.257. The Hall–Kier alpha value is -6.06. The molecule has 1 aromatic heterocycles. The predicted molar refractivity (Wildman–Crippen MR) is 216 cm³/mol. The molecule has 0 bridgehead atoms. The lowest BCUT2D eigenvalue weighted by Gasteiger charge is -2.33. The quantitative estimate of drug-likeness (QED) is 0.152. The second kappa shape index (κ2) is 18.2. The number of Topliss-reactive ketones (excluding diaryl/α,β-unsaturated/α-hetero) is 1. The highest BCUT2D eigenvalue weighted by atomic mass is 16.7. The van der Waals surface area contributed by atoms with Crippen LogP contribution in [0.4, 0.5) is 9.59 Å². The number of hydrogen-bond donors (Lipinski definition) is 3. The van der Waals surface area contributed by atoms with Crippen LogP contribution < -0.4 is 10.6 Å². The zero-order valence-corrected chi connectivity index (χ0v) is 33.5. The second-order valence-corrected chi connectivity index (χ2v) is 15.4. The number of aromatic amines is 1. The first kappa shape index (κ1) is 41.1. The van der Waals surface area contributed by atoms with E-state index in [-0.39, 0.29) is 49.8 Å². The van der Waals surface area contributed by atoms with Crippen molar-refractivity contribution in [3.63, 3.8) is 0 Å². The molecular formula is C44H50N6O9. The topological polar surface area (TPSA) is 181 Å². The Morgan fingerprint density at radius 2 is 1.58 bits per heavy atom. The molecule has 4 amide bonds. The number of benzene rings is 3. The summed E-state index contributed by atoms with van der Waals surface area (Å²) in [5, 5.41) is 5.40. The van der Waals surface area contributed by atoms with Crippen molar-refractivity contribution in [3.8, 4) is 22.4 Å². The number of likely N-dealkylation sites (tertiary alicyclic amines) is 2. The number of aromatic nitrogens is 2. The van der Waals surface area contributed by atoms with Gasteiger partial charge in [0.05, 0.1) is 45.1 Å². The summed E-state index contributed by atoms with van der Waals surface area (Å²) in [5.74, 6) is -1.49. The smallest absolute Gasteiger partial charge is 0.410 e. The Morgan fingerprint density at radius 1 is 0.898 bits per heavy atom. The number of amides is 4. The standard InChI is InChI=1S/C44H50N6O9/c1-28(2)38(48-42(54)56-3)41(53)49-20-7-11-35(49)39-45-24-34(47-39)32-16-12-30(13-17-32)31-14-18-33(19-15-31)37(51)25-46-40(52)36-23-44(58-21-8-22-59-44)27-50(36)43(55)57-26-29-9-5-4-6-10-29/h4-6,9-10,12-19,24,28,35-36,38H,7-8,11,20-23,25-27H2,1-3H3,(H,45,47)(H,46,52)(H,48,54)/t35-,36-,38-/m0/s1. The van der Waals surface area contributed by atoms with E-state index in [1.54, 1.807) is 17.0 Å². The Kier molecular flexibility index (Phi) is 12.7. The molecule has 59 heavy (non-hydrogen) atoms. The number of ether oxygens (including phenoxy) is 4. The minimum atomic E-state index is -1.10. The van der Waals surface area contributed by atoms with Crippen LogP contribution in [0.3, 0.4) is 0 Å². The van der Waals surface area contributed by atoms with E-state index in [4.69, 9.17) is 23.9 Å². The van der Waals surface area contributed by atoms with Crippen LogP contribution in [0.1, 0.15) is 67.3 Å². The fourth-order valence-electron chi connectivity index (χ4n) is 7.81. The van der Waals surface area contributed by atoms with Gasteiger partial charge in [-0.2, -0.15) is 0 Å². The van der Waals surface area contributed by atoms with Gasteiger partial charge < -0.3 is 39.5 Å². The van der Waals surface area contributed by atoms with Crippen molar-refractivity contribution >= 4 is 29.8 Å². The van der Waals surface area contributed by atoms with Gasteiger partial charge >= 0.3 is 12.2 Å². The number of H-pyrrole nitrogens is 1. The average Bonchev–Trinajstić information content (AvgIpc) is 4.04. The molecule has 4 heterocycles. The van der Waals surface area contributed by atoms with Gasteiger partial charge in [-0.05, 0) is 41.9 Å². The van der Waals surface area contributed by atoms with E-state index in [1.807, 2.05) is 86.8 Å². The molecule has 15 nitrogen and oxygen atoms in total. The summed E-state index contributed by atoms with van der Waals surface area (Å²) in [4.78, 5) is 76.6. The van der Waals surface area contributed by atoms with Gasteiger partial charge in [-0.3, -0.25) is 19.3 Å². The van der Waals surface area contributed by atoms with Crippen molar-refractivity contribution in [3.05, 3.63) is 102 Å². The van der Waals surface area contributed by atoms with Crippen molar-refractivity contribution in [2.45, 2.75) is 70.1 Å². The number of carbonyl (C=O) groups is 5. The van der Waals surface area contributed by atoms with E-state index in [0.29, 0.717) is 37.6 Å². The third-order valence-corrected chi connectivity index (χ3v) is 11.0. The second-order valence-electron chi connectivity index (χ2n) is 15.4. The Bertz CT molecular complexity index is 2120. The van der Waals surface area contributed by atoms with Crippen molar-refractivity contribution in [1.82, 2.24) is 30.4 Å². The summed E-state index contributed by atoms with van der Waals surface area (Å²) in [5.41, 5.74) is 4.70. The highest BCUT2D eigenvalue weighted by Crippen LogP contribution is 2.36. The molecule has 3 aliphatic heterocycles. The number of nitrogens with one attached hydrogen (secondary N) is 3. The SMILES string of the molecule is COC(=O)N[C@H](C(=O)N1CCC[C@H]1c1nc(-c2ccc(-c3ccc(C(=O)CNC(=O)[C@@H]4CC5(CN4C(=O)OCc4ccccc4)OCCCO5)cc3)cc2)c[nH]1)C(C)C. The number of ketones is 1. The summed E-state index contributed by atoms with van der Waals surface area (Å²) in [6, 6.07) is 22.4. The highest BCUT2D eigenvalue weighted by molar-refractivity contribution is 6.00. The van der Waals surface area contributed by atoms with Gasteiger partial charge in [-0.1, -0.05) is 92.7 Å². The molecule has 0 radical (unpaired) electrons. The van der Waals surface area contributed by atoms with Crippen LogP contribution in [0.15, 0.2) is 85.1 Å². The Labute approximate surface area is 342 Å². The van der Waals surface area contributed by atoms with Gasteiger partial charge in [0.2, 0.25) is 11.8 Å². The summed E-state index contributed by atoms with van der Waals surface area (Å²) >= 11 is 0. The van der Waals surface area contributed by atoms with Gasteiger partial charge in [0.15, 0.2) is 11.6 Å². The molecule has 3 aromatic carbocycles. The zero-order valence-electron chi connectivity index (χ0n) is 33.5. The predicted octanol–water partition coefficient (Wildman–Crippen LogP) is 5.63. The maximum atomic E-state index is 13.5. The third-order valence-electron chi connectivity index (χ3n) is 11.0. The van der Waals surface area contributed by atoms with Gasteiger partial charge in [0, 0.05) is 30.3 Å². The van der Waals surface area contributed by atoms with Crippen LogP contribution in [0.2, 0.25) is 0 Å². The molecule has 3 aliphatic rings. The monoisotopic (exact) mass is 806 g/mol. The van der Waals surface area contributed by atoms with E-state index in [2.05, 4.69) is 15.6 Å². The molecule has 1 spiro atoms. The Morgan fingerprint density at radius 3 is 2.25 bits per heavy atom. The first-order chi connectivity index (χ1) is 28.5. The molecular weight excluding hydrogens is 757 g/mol. The molecule has 0 aliphatic carbocycles. The maximum absolute atomic E-state index is 13.5. The zero-order chi connectivity index (χ0) is 41.5. The number of nitrogens with zero attached hydrogens (tertiary/aromatic N) is 3. The van der Waals surface area contributed by atoms with E-state index in [0.717, 1.165) is 40.8 Å². The molecule has 3 fully saturated rings. The van der Waals surface area contributed by atoms with E-state index in [9.17, 15) is 24.0 Å². The summed E-state index contributed by atoms with van der Waals surface area (Å²) in [6.45, 7) is 5.07. The maximum Gasteiger partial charge on any atom is 0.410 e. The van der Waals surface area contributed by atoms with Crippen LogP contribution in [0, 0.1) is 5.92 Å². The first-order valence-electron chi connectivity index (χ1n) is 20.0. The fourth-order valence-corrected chi connectivity index (χ4v) is 7.81. The minimum Gasteiger partial charge on any atom is -0.453 e. The van der Waals surface area contributed by atoms with Crippen molar-refractivity contribution in [2.75, 3.05) is 40.0 Å². The average molecular weight is 807 g/mol. The van der Waals surface area contributed by atoms with Crippen molar-refractivity contribution in [1.29, 1.82) is 0 Å². The molecule has 7 rings (SSSR count). The van der Waals surface area contributed by atoms with Crippen LogP contribution in [-0.4, -0.2) is 107 Å². The minimum absolute atomic E-state index is 0.0388. The highest BCUT2D eigenvalue weighted by Gasteiger charge is 2.52. The Balaban J connectivity index is 0.946. The number of rotatable bonds is 12. The number of hydrogen-bond acceptors (Lipinski definition) is 10. The summed E-state index contributed by atoms with van der Waals surface area (Å²) < 4.78 is 22.2. The van der Waals surface area contributed by atoms with Crippen LogP contribution in [0.5, 0.6) is 0 Å². The fraction of sp³-hybridized carbons (Fsp3) is 0.409. The number of imidazole rings is 1. The van der Waals surface area contributed by atoms with E-state index < -0.39 is 36.0 Å². The van der Waals surface area contributed by atoms with Gasteiger partial charge in [0.1, 0.15) is 24.5 Å². The molecule has 310 valence electrons. The molecule has 0 unspecified atom stereocenters. The van der Waals surface area contributed by atoms with Crippen molar-refractivity contribution in [2.24, 2.45) is 5.92 Å². The number of carbonyl (C=O) groups excluding carboxylic acids is 5. The summed E-state index contributed by atoms with van der Waals surface area (Å²) in [6.07, 6.45) is 2.94. The lowest BCUT2D eigenvalue weighted by atomic mass is 10.0. The molecule has 4 aromatic rings. The first-order valence-corrected chi connectivity index (χ1v) is 20.0. The van der Waals surface area contributed by atoms with Gasteiger partial charge in [0.25, 0.3) is 0 Å². The molecule has 3 saturated heterocycles. The number of methoxy groups -OCH3 is 1. The van der Waals surface area contributed by atoms with E-state index >= 15 is 0 Å². The molecule has 3 N–H and O–H groups in total. The normalized spacial score (nSPS) is 19.1. The molecule has 3 atom stereocenters.